The lowest BCUT2D eigenvalue weighted by molar-refractivity contribution is -0.133. The topological polar surface area (TPSA) is 79.3 Å². The van der Waals surface area contributed by atoms with Gasteiger partial charge in [-0.25, -0.2) is 0 Å². The summed E-state index contributed by atoms with van der Waals surface area (Å²) in [6.07, 6.45) is 0.335. The number of amides is 1. The van der Waals surface area contributed by atoms with Gasteiger partial charge in [0.25, 0.3) is 5.91 Å². The number of rotatable bonds is 6. The van der Waals surface area contributed by atoms with Crippen molar-refractivity contribution >= 4 is 11.6 Å². The van der Waals surface area contributed by atoms with Crippen molar-refractivity contribution < 1.29 is 9.53 Å². The number of benzene rings is 1. The largest absolute Gasteiger partial charge is 0.484 e. The third-order valence-corrected chi connectivity index (χ3v) is 2.47. The number of hydrogen-bond donors (Lipinski definition) is 1. The monoisotopic (exact) mass is 247 g/mol. The van der Waals surface area contributed by atoms with Crippen molar-refractivity contribution in [2.24, 2.45) is 0 Å². The first-order valence-electron chi connectivity index (χ1n) is 5.80. The minimum absolute atomic E-state index is 0.0246. The Balaban J connectivity index is 2.44. The zero-order chi connectivity index (χ0) is 13.4. The molecular formula is C13H17N3O2. The van der Waals surface area contributed by atoms with Gasteiger partial charge in [0.05, 0.1) is 12.5 Å². The fourth-order valence-electron chi connectivity index (χ4n) is 1.44. The third kappa shape index (κ3) is 4.34. The van der Waals surface area contributed by atoms with Crippen LogP contribution in [0, 0.1) is 11.3 Å². The highest BCUT2D eigenvalue weighted by molar-refractivity contribution is 5.77. The van der Waals surface area contributed by atoms with E-state index in [2.05, 4.69) is 0 Å². The molecule has 1 rings (SSSR count). The first-order chi connectivity index (χ1) is 8.67. The summed E-state index contributed by atoms with van der Waals surface area (Å²) < 4.78 is 5.36. The number of ether oxygens (including phenoxy) is 1. The molecule has 0 aliphatic carbocycles. The van der Waals surface area contributed by atoms with Crippen LogP contribution >= 0.6 is 0 Å². The van der Waals surface area contributed by atoms with E-state index in [1.54, 1.807) is 29.2 Å². The van der Waals surface area contributed by atoms with Crippen LogP contribution < -0.4 is 10.5 Å². The predicted octanol–water partition coefficient (Wildman–Crippen LogP) is 1.41. The van der Waals surface area contributed by atoms with E-state index >= 15 is 0 Å². The quantitative estimate of drug-likeness (QED) is 0.771. The van der Waals surface area contributed by atoms with Gasteiger partial charge in [-0.05, 0) is 31.2 Å². The normalized spacial score (nSPS) is 9.56. The number of nitrogens with two attached hydrogens (primary N) is 1. The molecule has 0 spiro atoms. The van der Waals surface area contributed by atoms with Gasteiger partial charge in [0, 0.05) is 18.8 Å². The molecule has 0 atom stereocenters. The summed E-state index contributed by atoms with van der Waals surface area (Å²) in [5, 5.41) is 8.50. The van der Waals surface area contributed by atoms with Crippen LogP contribution in [0.5, 0.6) is 5.75 Å². The molecule has 1 aromatic carbocycles. The lowest BCUT2D eigenvalue weighted by Crippen LogP contribution is -2.35. The SMILES string of the molecule is CCN(CCC#N)C(=O)COc1ccc(N)cc1. The maximum atomic E-state index is 11.8. The highest BCUT2D eigenvalue weighted by Crippen LogP contribution is 2.13. The van der Waals surface area contributed by atoms with Crippen molar-refractivity contribution in [1.82, 2.24) is 4.90 Å². The van der Waals surface area contributed by atoms with Gasteiger partial charge >= 0.3 is 0 Å². The predicted molar refractivity (Wildman–Crippen MR) is 68.8 cm³/mol. The van der Waals surface area contributed by atoms with Crippen molar-refractivity contribution in [1.29, 1.82) is 5.26 Å². The van der Waals surface area contributed by atoms with E-state index in [9.17, 15) is 4.79 Å². The molecule has 0 fully saturated rings. The summed E-state index contributed by atoms with van der Waals surface area (Å²) in [6.45, 7) is 2.87. The van der Waals surface area contributed by atoms with E-state index < -0.39 is 0 Å². The summed E-state index contributed by atoms with van der Waals surface area (Å²) in [6, 6.07) is 8.88. The Kier molecular flexibility index (Phi) is 5.52. The maximum Gasteiger partial charge on any atom is 0.260 e. The molecule has 1 amide bonds. The van der Waals surface area contributed by atoms with Gasteiger partial charge in [0.1, 0.15) is 5.75 Å². The second-order valence-corrected chi connectivity index (χ2v) is 3.74. The number of carbonyl (C=O) groups is 1. The first kappa shape index (κ1) is 13.8. The minimum Gasteiger partial charge on any atom is -0.484 e. The van der Waals surface area contributed by atoms with Crippen molar-refractivity contribution in [2.75, 3.05) is 25.4 Å². The Bertz CT molecular complexity index is 423. The summed E-state index contributed by atoms with van der Waals surface area (Å²) in [5.41, 5.74) is 6.20. The lowest BCUT2D eigenvalue weighted by Gasteiger charge is -2.19. The number of nitriles is 1. The van der Waals surface area contributed by atoms with Crippen molar-refractivity contribution in [2.45, 2.75) is 13.3 Å². The van der Waals surface area contributed by atoms with Gasteiger partial charge in [-0.1, -0.05) is 0 Å². The number of anilines is 1. The zero-order valence-electron chi connectivity index (χ0n) is 10.4. The average molecular weight is 247 g/mol. The lowest BCUT2D eigenvalue weighted by atomic mass is 10.3. The van der Waals surface area contributed by atoms with Gasteiger partial charge in [-0.3, -0.25) is 4.79 Å². The molecule has 0 aliphatic heterocycles. The van der Waals surface area contributed by atoms with Crippen molar-refractivity contribution in [3.05, 3.63) is 24.3 Å². The molecule has 0 saturated carbocycles. The Labute approximate surface area is 107 Å². The Morgan fingerprint density at radius 2 is 2.11 bits per heavy atom. The zero-order valence-corrected chi connectivity index (χ0v) is 10.4. The van der Waals surface area contributed by atoms with Gasteiger partial charge in [-0.15, -0.1) is 0 Å². The molecule has 0 aliphatic rings. The Hall–Kier alpha value is -2.22. The molecule has 2 N–H and O–H groups in total. The number of nitrogens with zero attached hydrogens (tertiary/aromatic N) is 2. The van der Waals surface area contributed by atoms with Crippen LogP contribution in [0.4, 0.5) is 5.69 Å². The molecule has 0 heterocycles. The van der Waals surface area contributed by atoms with Crippen LogP contribution in [-0.2, 0) is 4.79 Å². The van der Waals surface area contributed by atoms with Gasteiger partial charge in [0.15, 0.2) is 6.61 Å². The minimum atomic E-state index is -0.121. The second-order valence-electron chi connectivity index (χ2n) is 3.74. The summed E-state index contributed by atoms with van der Waals surface area (Å²) >= 11 is 0. The van der Waals surface area contributed by atoms with E-state index in [1.165, 1.54) is 0 Å². The molecule has 0 aromatic heterocycles. The molecule has 0 saturated heterocycles. The van der Waals surface area contributed by atoms with Crippen LogP contribution in [0.15, 0.2) is 24.3 Å². The van der Waals surface area contributed by atoms with Crippen LogP contribution in [0.2, 0.25) is 0 Å². The molecule has 5 nitrogen and oxygen atoms in total. The molecule has 0 unspecified atom stereocenters. The van der Waals surface area contributed by atoms with Crippen LogP contribution in [0.3, 0.4) is 0 Å². The number of carbonyl (C=O) groups excluding carboxylic acids is 1. The molecule has 1 aromatic rings. The van der Waals surface area contributed by atoms with Crippen LogP contribution in [0.1, 0.15) is 13.3 Å². The molecule has 5 heteroatoms. The first-order valence-corrected chi connectivity index (χ1v) is 5.80. The van der Waals surface area contributed by atoms with E-state index in [0.717, 1.165) is 0 Å². The molecule has 0 bridgehead atoms. The average Bonchev–Trinajstić information content (AvgIpc) is 2.39. The van der Waals surface area contributed by atoms with E-state index in [-0.39, 0.29) is 12.5 Å². The van der Waals surface area contributed by atoms with E-state index in [1.807, 2.05) is 13.0 Å². The van der Waals surface area contributed by atoms with Crippen molar-refractivity contribution in [3.63, 3.8) is 0 Å². The van der Waals surface area contributed by atoms with Gasteiger partial charge < -0.3 is 15.4 Å². The van der Waals surface area contributed by atoms with Gasteiger partial charge in [0.2, 0.25) is 0 Å². The number of likely N-dealkylation sites (N-methyl/N-ethyl adjacent to an activating group) is 1. The highest BCUT2D eigenvalue weighted by atomic mass is 16.5. The molecule has 18 heavy (non-hydrogen) atoms. The summed E-state index contributed by atoms with van der Waals surface area (Å²) in [7, 11) is 0. The number of nitrogen functional groups attached to an aromatic ring is 1. The molecule has 0 radical (unpaired) electrons. The van der Waals surface area contributed by atoms with Crippen LogP contribution in [-0.4, -0.2) is 30.5 Å². The van der Waals surface area contributed by atoms with Crippen LogP contribution in [0.25, 0.3) is 0 Å². The summed E-state index contributed by atoms with van der Waals surface area (Å²) in [4.78, 5) is 13.4. The Morgan fingerprint density at radius 3 is 2.67 bits per heavy atom. The van der Waals surface area contributed by atoms with Gasteiger partial charge in [-0.2, -0.15) is 5.26 Å². The standard InChI is InChI=1S/C13H17N3O2/c1-2-16(9-3-8-14)13(17)10-18-12-6-4-11(15)5-7-12/h4-7H,2-3,9-10,15H2,1H3. The smallest absolute Gasteiger partial charge is 0.260 e. The number of hydrogen-bond acceptors (Lipinski definition) is 4. The van der Waals surface area contributed by atoms with Crippen molar-refractivity contribution in [3.8, 4) is 11.8 Å². The fourth-order valence-corrected chi connectivity index (χ4v) is 1.44. The molecule has 96 valence electrons. The second kappa shape index (κ2) is 7.17. The highest BCUT2D eigenvalue weighted by Gasteiger charge is 2.11. The Morgan fingerprint density at radius 1 is 1.44 bits per heavy atom. The van der Waals surface area contributed by atoms with E-state index in [4.69, 9.17) is 15.7 Å². The maximum absolute atomic E-state index is 11.8. The fraction of sp³-hybridized carbons (Fsp3) is 0.385. The summed E-state index contributed by atoms with van der Waals surface area (Å²) in [5.74, 6) is 0.485. The van der Waals surface area contributed by atoms with E-state index in [0.29, 0.717) is 30.9 Å². The third-order valence-electron chi connectivity index (χ3n) is 2.47. The molecular weight excluding hydrogens is 230 g/mol.